The van der Waals surface area contributed by atoms with E-state index in [1.54, 1.807) is 13.0 Å². The minimum atomic E-state index is -3.88. The number of aromatic nitrogens is 1. The maximum atomic E-state index is 13.6. The van der Waals surface area contributed by atoms with Gasteiger partial charge >= 0.3 is 0 Å². The fourth-order valence-electron chi connectivity index (χ4n) is 1.56. The van der Waals surface area contributed by atoms with Crippen LogP contribution in [0.5, 0.6) is 0 Å². The summed E-state index contributed by atoms with van der Waals surface area (Å²) < 4.78 is 40.0. The zero-order valence-electron chi connectivity index (χ0n) is 10.3. The molecule has 2 aromatic rings. The molecule has 102 valence electrons. The summed E-state index contributed by atoms with van der Waals surface area (Å²) in [7, 11) is -3.88. The van der Waals surface area contributed by atoms with E-state index < -0.39 is 15.8 Å². The molecule has 0 radical (unpaired) electrons. The highest BCUT2D eigenvalue weighted by Gasteiger charge is 2.22. The first-order valence-electron chi connectivity index (χ1n) is 5.31. The molecular weight excluding hydrogens is 289 g/mol. The molecule has 0 fully saturated rings. The fourth-order valence-corrected chi connectivity index (χ4v) is 3.92. The average Bonchev–Trinajstić information content (AvgIpc) is 2.63. The number of hydrogen-bond acceptors (Lipinski definition) is 5. The largest absolute Gasteiger partial charge is 0.375 e. The number of sulfonamides is 1. The van der Waals surface area contributed by atoms with E-state index in [2.05, 4.69) is 9.71 Å². The molecule has 2 rings (SSSR count). The smallest absolute Gasteiger partial charge is 0.273 e. The van der Waals surface area contributed by atoms with Crippen LogP contribution in [0.2, 0.25) is 0 Å². The quantitative estimate of drug-likeness (QED) is 0.910. The number of hydrogen-bond donors (Lipinski definition) is 2. The first kappa shape index (κ1) is 13.8. The van der Waals surface area contributed by atoms with Crippen LogP contribution in [0.4, 0.5) is 15.2 Å². The molecule has 0 saturated carbocycles. The topological polar surface area (TPSA) is 85.1 Å². The van der Waals surface area contributed by atoms with Crippen LogP contribution in [-0.4, -0.2) is 13.4 Å². The minimum Gasteiger partial charge on any atom is -0.375 e. The summed E-state index contributed by atoms with van der Waals surface area (Å²) in [6, 6.07) is 4.19. The number of rotatable bonds is 3. The van der Waals surface area contributed by atoms with Gasteiger partial charge in [0, 0.05) is 0 Å². The van der Waals surface area contributed by atoms with Gasteiger partial charge in [0.1, 0.15) is 5.82 Å². The maximum Gasteiger partial charge on any atom is 0.273 e. The molecule has 3 N–H and O–H groups in total. The van der Waals surface area contributed by atoms with E-state index in [0.717, 1.165) is 16.9 Å². The van der Waals surface area contributed by atoms with Crippen molar-refractivity contribution in [3.8, 4) is 0 Å². The van der Waals surface area contributed by atoms with E-state index in [9.17, 15) is 12.8 Å². The van der Waals surface area contributed by atoms with Crippen LogP contribution in [0, 0.1) is 19.7 Å². The highest BCUT2D eigenvalue weighted by atomic mass is 32.2. The van der Waals surface area contributed by atoms with Gasteiger partial charge in [0.2, 0.25) is 0 Å². The molecule has 1 heterocycles. The second-order valence-electron chi connectivity index (χ2n) is 4.01. The zero-order valence-corrected chi connectivity index (χ0v) is 11.9. The Balaban J connectivity index is 2.42. The Kier molecular flexibility index (Phi) is 3.46. The van der Waals surface area contributed by atoms with Gasteiger partial charge in [0.05, 0.1) is 11.4 Å². The molecule has 0 amide bonds. The van der Waals surface area contributed by atoms with Crippen LogP contribution >= 0.6 is 11.3 Å². The minimum absolute atomic E-state index is 0.00842. The molecule has 0 aliphatic heterocycles. The summed E-state index contributed by atoms with van der Waals surface area (Å²) in [6.07, 6.45) is 0. The molecule has 0 unspecified atom stereocenters. The lowest BCUT2D eigenvalue weighted by Gasteiger charge is -2.08. The monoisotopic (exact) mass is 301 g/mol. The summed E-state index contributed by atoms with van der Waals surface area (Å²) >= 11 is 0.844. The highest BCUT2D eigenvalue weighted by molar-refractivity contribution is 7.94. The van der Waals surface area contributed by atoms with E-state index in [4.69, 9.17) is 5.73 Å². The molecule has 0 bridgehead atoms. The second kappa shape index (κ2) is 4.78. The van der Waals surface area contributed by atoms with E-state index in [-0.39, 0.29) is 15.0 Å². The number of aryl methyl sites for hydroxylation is 2. The normalized spacial score (nSPS) is 11.5. The zero-order chi connectivity index (χ0) is 14.2. The molecule has 0 saturated heterocycles. The van der Waals surface area contributed by atoms with Crippen molar-refractivity contribution in [3.63, 3.8) is 0 Å². The third kappa shape index (κ3) is 2.85. The number of thiazole rings is 1. The summed E-state index contributed by atoms with van der Waals surface area (Å²) in [6.45, 7) is 3.28. The molecule has 0 aliphatic rings. The Bertz CT molecular complexity index is 726. The first-order valence-corrected chi connectivity index (χ1v) is 7.61. The summed E-state index contributed by atoms with van der Waals surface area (Å²) in [5.74, 6) is -0.635. The third-order valence-electron chi connectivity index (χ3n) is 2.38. The van der Waals surface area contributed by atoms with Gasteiger partial charge in [-0.2, -0.15) is 0 Å². The lowest BCUT2D eigenvalue weighted by Crippen LogP contribution is -2.13. The van der Waals surface area contributed by atoms with Gasteiger partial charge in [-0.05, 0) is 31.5 Å². The molecule has 1 aromatic carbocycles. The van der Waals surface area contributed by atoms with Crippen LogP contribution in [0.3, 0.4) is 0 Å². The number of anilines is 2. The molecule has 0 spiro atoms. The Morgan fingerprint density at radius 1 is 1.37 bits per heavy atom. The van der Waals surface area contributed by atoms with Crippen molar-refractivity contribution in [1.29, 1.82) is 0 Å². The molecule has 19 heavy (non-hydrogen) atoms. The van der Waals surface area contributed by atoms with E-state index in [1.165, 1.54) is 19.1 Å². The maximum absolute atomic E-state index is 13.6. The van der Waals surface area contributed by atoms with Gasteiger partial charge in [-0.25, -0.2) is 17.8 Å². The summed E-state index contributed by atoms with van der Waals surface area (Å²) in [5.41, 5.74) is 6.42. The number of nitrogen functional groups attached to an aromatic ring is 1. The van der Waals surface area contributed by atoms with Crippen molar-refractivity contribution < 1.29 is 12.8 Å². The number of benzene rings is 1. The van der Waals surface area contributed by atoms with Crippen molar-refractivity contribution in [3.05, 3.63) is 35.3 Å². The Hall–Kier alpha value is -1.67. The third-order valence-corrected chi connectivity index (χ3v) is 5.34. The summed E-state index contributed by atoms with van der Waals surface area (Å²) in [5, 5.41) is 0.155. The lowest BCUT2D eigenvalue weighted by molar-refractivity contribution is 0.599. The Labute approximate surface area is 114 Å². The van der Waals surface area contributed by atoms with Crippen molar-refractivity contribution >= 4 is 32.2 Å². The molecule has 5 nitrogen and oxygen atoms in total. The van der Waals surface area contributed by atoms with Crippen LogP contribution in [0.15, 0.2) is 22.4 Å². The molecule has 0 aliphatic carbocycles. The van der Waals surface area contributed by atoms with Crippen molar-refractivity contribution in [2.24, 2.45) is 0 Å². The molecule has 0 atom stereocenters. The fraction of sp³-hybridized carbons (Fsp3) is 0.182. The van der Waals surface area contributed by atoms with Gasteiger partial charge < -0.3 is 5.73 Å². The highest BCUT2D eigenvalue weighted by Crippen LogP contribution is 2.28. The predicted octanol–water partition coefficient (Wildman–Crippen LogP) is 2.28. The summed E-state index contributed by atoms with van der Waals surface area (Å²) in [4.78, 5) is 3.84. The lowest BCUT2D eigenvalue weighted by atomic mass is 10.2. The molecule has 8 heteroatoms. The first-order chi connectivity index (χ1) is 8.79. The predicted molar refractivity (Wildman–Crippen MR) is 73.2 cm³/mol. The van der Waals surface area contributed by atoms with Crippen LogP contribution in [0.25, 0.3) is 0 Å². The molecular formula is C11H12FN3O2S2. The Morgan fingerprint density at radius 3 is 2.63 bits per heavy atom. The van der Waals surface area contributed by atoms with Crippen molar-refractivity contribution in [2.75, 3.05) is 10.5 Å². The van der Waals surface area contributed by atoms with Gasteiger partial charge in [0.25, 0.3) is 10.0 Å². The van der Waals surface area contributed by atoms with Gasteiger partial charge in [-0.1, -0.05) is 17.4 Å². The Morgan fingerprint density at radius 2 is 2.05 bits per heavy atom. The van der Waals surface area contributed by atoms with Gasteiger partial charge in [-0.15, -0.1) is 0 Å². The molecule has 1 aromatic heterocycles. The van der Waals surface area contributed by atoms with Crippen LogP contribution < -0.4 is 10.5 Å². The van der Waals surface area contributed by atoms with E-state index in [0.29, 0.717) is 5.69 Å². The average molecular weight is 301 g/mol. The number of nitrogens with two attached hydrogens (primary N) is 1. The number of nitrogens with one attached hydrogen (secondary N) is 1. The second-order valence-corrected chi connectivity index (χ2v) is 6.92. The van der Waals surface area contributed by atoms with Crippen molar-refractivity contribution in [2.45, 2.75) is 18.1 Å². The number of nitrogens with zero attached hydrogens (tertiary/aromatic N) is 1. The van der Waals surface area contributed by atoms with Crippen LogP contribution in [-0.2, 0) is 10.0 Å². The van der Waals surface area contributed by atoms with E-state index in [1.807, 2.05) is 0 Å². The van der Waals surface area contributed by atoms with Gasteiger partial charge in [-0.3, -0.25) is 4.72 Å². The standard InChI is InChI=1S/C11H12FN3O2S2/c1-6-3-4-8(12)9(5-6)15-19(16,17)10-7(2)14-11(13)18-10/h3-5,15H,1-2H3,(H2,13,14). The van der Waals surface area contributed by atoms with Crippen LogP contribution in [0.1, 0.15) is 11.3 Å². The van der Waals surface area contributed by atoms with Crippen molar-refractivity contribution in [1.82, 2.24) is 4.98 Å². The van der Waals surface area contributed by atoms with Gasteiger partial charge in [0.15, 0.2) is 9.34 Å². The SMILES string of the molecule is Cc1ccc(F)c(NS(=O)(=O)c2sc(N)nc2C)c1. The van der Waals surface area contributed by atoms with E-state index >= 15 is 0 Å². The number of halogens is 1.